The molecule has 4 heteroatoms. The molecule has 1 rings (SSSR count). The third-order valence-electron chi connectivity index (χ3n) is 2.42. The van der Waals surface area contributed by atoms with Gasteiger partial charge >= 0.3 is 5.97 Å². The highest BCUT2D eigenvalue weighted by atomic mass is 19.1. The highest BCUT2D eigenvalue weighted by Crippen LogP contribution is 2.19. The third-order valence-corrected chi connectivity index (χ3v) is 2.42. The van der Waals surface area contributed by atoms with Crippen LogP contribution >= 0.6 is 0 Å². The van der Waals surface area contributed by atoms with Gasteiger partial charge in [0.1, 0.15) is 5.82 Å². The highest BCUT2D eigenvalue weighted by molar-refractivity contribution is 5.77. The number of benzene rings is 1. The number of aliphatic carboxylic acids is 1. The number of rotatable bonds is 4. The van der Waals surface area contributed by atoms with Crippen molar-refractivity contribution in [3.63, 3.8) is 0 Å². The molecule has 0 aliphatic rings. The van der Waals surface area contributed by atoms with E-state index in [2.05, 4.69) is 0 Å². The van der Waals surface area contributed by atoms with E-state index in [-0.39, 0.29) is 18.4 Å². The minimum Gasteiger partial charge on any atom is -0.479 e. The van der Waals surface area contributed by atoms with Crippen LogP contribution in [0.1, 0.15) is 18.9 Å². The van der Waals surface area contributed by atoms with Gasteiger partial charge in [-0.15, -0.1) is 0 Å². The Morgan fingerprint density at radius 1 is 1.47 bits per heavy atom. The van der Waals surface area contributed by atoms with Crippen LogP contribution in [0.2, 0.25) is 0 Å². The molecule has 1 unspecified atom stereocenters. The lowest BCUT2D eigenvalue weighted by Gasteiger charge is -2.21. The summed E-state index contributed by atoms with van der Waals surface area (Å²) in [5, 5.41) is 18.5. The zero-order valence-corrected chi connectivity index (χ0v) is 8.40. The van der Waals surface area contributed by atoms with Gasteiger partial charge in [0.15, 0.2) is 5.60 Å². The molecular formula is C11H13FO3. The van der Waals surface area contributed by atoms with Gasteiger partial charge in [0.25, 0.3) is 0 Å². The molecule has 15 heavy (non-hydrogen) atoms. The van der Waals surface area contributed by atoms with Crippen LogP contribution in [0.25, 0.3) is 0 Å². The topological polar surface area (TPSA) is 57.5 Å². The van der Waals surface area contributed by atoms with Crippen LogP contribution in [0.15, 0.2) is 24.3 Å². The summed E-state index contributed by atoms with van der Waals surface area (Å²) < 4.78 is 13.2. The first-order chi connectivity index (χ1) is 6.99. The zero-order chi connectivity index (χ0) is 11.5. The Labute approximate surface area is 87.2 Å². The zero-order valence-electron chi connectivity index (χ0n) is 8.40. The highest BCUT2D eigenvalue weighted by Gasteiger charge is 2.34. The minimum atomic E-state index is -1.89. The van der Waals surface area contributed by atoms with Crippen molar-refractivity contribution in [3.8, 4) is 0 Å². The van der Waals surface area contributed by atoms with Crippen LogP contribution < -0.4 is 0 Å². The fourth-order valence-electron chi connectivity index (χ4n) is 1.31. The second kappa shape index (κ2) is 4.40. The number of halogens is 1. The summed E-state index contributed by atoms with van der Waals surface area (Å²) in [6.07, 6.45) is -0.178. The number of hydrogen-bond acceptors (Lipinski definition) is 2. The molecule has 1 atom stereocenters. The van der Waals surface area contributed by atoms with Gasteiger partial charge in [-0.05, 0) is 18.1 Å². The van der Waals surface area contributed by atoms with E-state index in [0.717, 1.165) is 0 Å². The molecule has 2 N–H and O–H groups in total. The number of aliphatic hydroxyl groups is 1. The molecule has 0 spiro atoms. The first-order valence-electron chi connectivity index (χ1n) is 4.69. The molecule has 0 aliphatic carbocycles. The summed E-state index contributed by atoms with van der Waals surface area (Å²) in [4.78, 5) is 10.8. The van der Waals surface area contributed by atoms with Crippen molar-refractivity contribution in [2.75, 3.05) is 0 Å². The quantitative estimate of drug-likeness (QED) is 0.796. The van der Waals surface area contributed by atoms with Gasteiger partial charge < -0.3 is 10.2 Å². The molecule has 0 bridgehead atoms. The Hall–Kier alpha value is -1.42. The van der Waals surface area contributed by atoms with Crippen LogP contribution in [0, 0.1) is 5.82 Å². The number of carbonyl (C=O) groups is 1. The molecule has 1 aromatic rings. The lowest BCUT2D eigenvalue weighted by Crippen LogP contribution is -2.40. The predicted octanol–water partition coefficient (Wildman–Crippen LogP) is 1.59. The van der Waals surface area contributed by atoms with Crippen LogP contribution in [-0.2, 0) is 11.2 Å². The van der Waals surface area contributed by atoms with Crippen LogP contribution in [0.4, 0.5) is 4.39 Å². The normalized spacial score (nSPS) is 14.6. The summed E-state index contributed by atoms with van der Waals surface area (Å²) >= 11 is 0. The molecule has 1 aromatic carbocycles. The van der Waals surface area contributed by atoms with Gasteiger partial charge in [0.05, 0.1) is 0 Å². The van der Waals surface area contributed by atoms with Crippen molar-refractivity contribution in [2.24, 2.45) is 0 Å². The third kappa shape index (κ3) is 2.53. The molecule has 82 valence electrons. The first kappa shape index (κ1) is 11.7. The summed E-state index contributed by atoms with van der Waals surface area (Å²) in [5.74, 6) is -1.82. The van der Waals surface area contributed by atoms with E-state index in [0.29, 0.717) is 0 Å². The van der Waals surface area contributed by atoms with E-state index in [1.54, 1.807) is 13.0 Å². The minimum absolute atomic E-state index is 0.0384. The fraction of sp³-hybridized carbons (Fsp3) is 0.364. The maximum absolute atomic E-state index is 13.2. The van der Waals surface area contributed by atoms with Crippen molar-refractivity contribution < 1.29 is 19.4 Å². The van der Waals surface area contributed by atoms with Crippen LogP contribution in [0.3, 0.4) is 0 Å². The van der Waals surface area contributed by atoms with E-state index in [4.69, 9.17) is 5.11 Å². The lowest BCUT2D eigenvalue weighted by molar-refractivity contribution is -0.158. The van der Waals surface area contributed by atoms with E-state index >= 15 is 0 Å². The molecule has 0 aliphatic heterocycles. The molecule has 0 amide bonds. The van der Waals surface area contributed by atoms with Gasteiger partial charge in [-0.1, -0.05) is 25.1 Å². The van der Waals surface area contributed by atoms with E-state index in [1.165, 1.54) is 18.2 Å². The molecule has 0 radical (unpaired) electrons. The van der Waals surface area contributed by atoms with Gasteiger partial charge in [-0.25, -0.2) is 9.18 Å². The average Bonchev–Trinajstić information content (AvgIpc) is 2.21. The Morgan fingerprint density at radius 2 is 2.07 bits per heavy atom. The Balaban J connectivity index is 2.94. The largest absolute Gasteiger partial charge is 0.479 e. The van der Waals surface area contributed by atoms with Crippen molar-refractivity contribution in [1.82, 2.24) is 0 Å². The van der Waals surface area contributed by atoms with Crippen molar-refractivity contribution >= 4 is 5.97 Å². The molecule has 0 heterocycles. The van der Waals surface area contributed by atoms with Crippen molar-refractivity contribution in [2.45, 2.75) is 25.4 Å². The SMILES string of the molecule is CCC(O)(Cc1ccccc1F)C(=O)O. The Bertz CT molecular complexity index is 365. The lowest BCUT2D eigenvalue weighted by atomic mass is 9.92. The Kier molecular flexibility index (Phi) is 3.42. The molecule has 3 nitrogen and oxygen atoms in total. The van der Waals surface area contributed by atoms with Crippen LogP contribution in [0.5, 0.6) is 0 Å². The maximum Gasteiger partial charge on any atom is 0.336 e. The Morgan fingerprint density at radius 3 is 2.53 bits per heavy atom. The van der Waals surface area contributed by atoms with Crippen molar-refractivity contribution in [3.05, 3.63) is 35.6 Å². The average molecular weight is 212 g/mol. The van der Waals surface area contributed by atoms with E-state index < -0.39 is 17.4 Å². The standard InChI is InChI=1S/C11H13FO3/c1-2-11(15,10(13)14)7-8-5-3-4-6-9(8)12/h3-6,15H,2,7H2,1H3,(H,13,14). The molecule has 0 saturated heterocycles. The summed E-state index contributed by atoms with van der Waals surface area (Å²) in [7, 11) is 0. The molecule has 0 aromatic heterocycles. The molecule has 0 fully saturated rings. The number of hydrogen-bond donors (Lipinski definition) is 2. The first-order valence-corrected chi connectivity index (χ1v) is 4.69. The maximum atomic E-state index is 13.2. The second-order valence-corrected chi connectivity index (χ2v) is 3.46. The molecular weight excluding hydrogens is 199 g/mol. The van der Waals surface area contributed by atoms with Gasteiger partial charge in [0, 0.05) is 6.42 Å². The summed E-state index contributed by atoms with van der Waals surface area (Å²) in [6.45, 7) is 1.55. The van der Waals surface area contributed by atoms with Crippen molar-refractivity contribution in [1.29, 1.82) is 0 Å². The van der Waals surface area contributed by atoms with E-state index in [9.17, 15) is 14.3 Å². The van der Waals surface area contributed by atoms with E-state index in [1.807, 2.05) is 0 Å². The predicted molar refractivity (Wildman–Crippen MR) is 53.0 cm³/mol. The second-order valence-electron chi connectivity index (χ2n) is 3.46. The monoisotopic (exact) mass is 212 g/mol. The van der Waals surface area contributed by atoms with Gasteiger partial charge in [0.2, 0.25) is 0 Å². The van der Waals surface area contributed by atoms with Gasteiger partial charge in [-0.2, -0.15) is 0 Å². The number of carboxylic acids is 1. The van der Waals surface area contributed by atoms with Crippen LogP contribution in [-0.4, -0.2) is 21.8 Å². The number of carboxylic acid groups (broad SMARTS) is 1. The fourth-order valence-corrected chi connectivity index (χ4v) is 1.31. The smallest absolute Gasteiger partial charge is 0.336 e. The summed E-state index contributed by atoms with van der Waals surface area (Å²) in [5.41, 5.74) is -1.67. The summed E-state index contributed by atoms with van der Waals surface area (Å²) in [6, 6.07) is 5.84. The van der Waals surface area contributed by atoms with Gasteiger partial charge in [-0.3, -0.25) is 0 Å². The molecule has 0 saturated carbocycles.